The molecule has 1 aromatic carbocycles. The molecule has 0 amide bonds. The number of nitrogens with zero attached hydrogens (tertiary/aromatic N) is 1. The van der Waals surface area contributed by atoms with Crippen molar-refractivity contribution in [3.05, 3.63) is 51.5 Å². The largest absolute Gasteiger partial charge is 0.198 e. The monoisotopic (exact) mass is 293 g/mol. The van der Waals surface area contributed by atoms with Gasteiger partial charge in [0.15, 0.2) is 0 Å². The van der Waals surface area contributed by atoms with E-state index in [2.05, 4.69) is 22.0 Å². The average molecular weight is 295 g/mol. The molecule has 0 radical (unpaired) electrons. The van der Waals surface area contributed by atoms with Crippen molar-refractivity contribution < 1.29 is 0 Å². The highest BCUT2D eigenvalue weighted by molar-refractivity contribution is 9.10. The average Bonchev–Trinajstić information content (AvgIpc) is 2.30. The molecule has 80 valence electrons. The summed E-state index contributed by atoms with van der Waals surface area (Å²) in [7, 11) is 0. The van der Waals surface area contributed by atoms with Crippen LogP contribution >= 0.6 is 27.5 Å². The van der Waals surface area contributed by atoms with Crippen molar-refractivity contribution in [2.24, 2.45) is 5.92 Å². The van der Waals surface area contributed by atoms with E-state index in [1.54, 1.807) is 0 Å². The van der Waals surface area contributed by atoms with Gasteiger partial charge in [0.1, 0.15) is 0 Å². The first-order valence-electron chi connectivity index (χ1n) is 4.94. The second-order valence-corrected chi connectivity index (χ2v) is 4.91. The first-order chi connectivity index (χ1) is 7.72. The third kappa shape index (κ3) is 2.21. The van der Waals surface area contributed by atoms with Crippen LogP contribution in [0, 0.1) is 17.2 Å². The fourth-order valence-corrected chi connectivity index (χ4v) is 2.36. The van der Waals surface area contributed by atoms with Crippen molar-refractivity contribution >= 4 is 33.1 Å². The Labute approximate surface area is 108 Å². The van der Waals surface area contributed by atoms with Crippen LogP contribution in [0.5, 0.6) is 0 Å². The molecule has 1 aliphatic rings. The van der Waals surface area contributed by atoms with Crippen LogP contribution in [-0.2, 0) is 0 Å². The van der Waals surface area contributed by atoms with Crippen molar-refractivity contribution in [2.75, 3.05) is 0 Å². The Morgan fingerprint density at radius 3 is 2.62 bits per heavy atom. The highest BCUT2D eigenvalue weighted by Gasteiger charge is 2.20. The molecule has 0 aliphatic heterocycles. The summed E-state index contributed by atoms with van der Waals surface area (Å²) in [5, 5.41) is 9.78. The van der Waals surface area contributed by atoms with E-state index in [4.69, 9.17) is 16.9 Å². The summed E-state index contributed by atoms with van der Waals surface area (Å²) in [6, 6.07) is 10.2. The van der Waals surface area contributed by atoms with Crippen molar-refractivity contribution in [1.29, 1.82) is 5.26 Å². The lowest BCUT2D eigenvalue weighted by molar-refractivity contribution is 0.857. The van der Waals surface area contributed by atoms with Crippen LogP contribution in [0.25, 0.3) is 5.57 Å². The number of halogens is 2. The number of allylic oxidation sites excluding steroid dienone is 4. The van der Waals surface area contributed by atoms with Gasteiger partial charge in [-0.05, 0) is 35.8 Å². The van der Waals surface area contributed by atoms with Gasteiger partial charge >= 0.3 is 0 Å². The van der Waals surface area contributed by atoms with Gasteiger partial charge in [0.2, 0.25) is 0 Å². The summed E-state index contributed by atoms with van der Waals surface area (Å²) in [4.78, 5) is 0. The van der Waals surface area contributed by atoms with Gasteiger partial charge < -0.3 is 0 Å². The van der Waals surface area contributed by atoms with Gasteiger partial charge in [-0.2, -0.15) is 5.26 Å². The molecule has 0 bridgehead atoms. The maximum absolute atomic E-state index is 9.11. The quantitative estimate of drug-likeness (QED) is 0.748. The van der Waals surface area contributed by atoms with E-state index in [1.807, 2.05) is 36.4 Å². The predicted octanol–water partition coefficient (Wildman–Crippen LogP) is 4.50. The smallest absolute Gasteiger partial charge is 0.0767 e. The highest BCUT2D eigenvalue weighted by atomic mass is 79.9. The van der Waals surface area contributed by atoms with E-state index < -0.39 is 0 Å². The van der Waals surface area contributed by atoms with E-state index in [-0.39, 0.29) is 5.92 Å². The van der Waals surface area contributed by atoms with Crippen LogP contribution in [0.1, 0.15) is 12.0 Å². The van der Waals surface area contributed by atoms with Gasteiger partial charge in [-0.3, -0.25) is 0 Å². The Balaban J connectivity index is 2.48. The zero-order chi connectivity index (χ0) is 11.5. The third-order valence-electron chi connectivity index (χ3n) is 2.55. The van der Waals surface area contributed by atoms with E-state index in [0.29, 0.717) is 5.03 Å². The molecule has 0 aromatic heterocycles. The van der Waals surface area contributed by atoms with Crippen LogP contribution < -0.4 is 0 Å². The van der Waals surface area contributed by atoms with Gasteiger partial charge in [-0.25, -0.2) is 0 Å². The molecule has 0 heterocycles. The minimum Gasteiger partial charge on any atom is -0.198 e. The zero-order valence-corrected chi connectivity index (χ0v) is 10.8. The normalized spacial score (nSPS) is 19.7. The zero-order valence-electron chi connectivity index (χ0n) is 8.45. The van der Waals surface area contributed by atoms with E-state index in [9.17, 15) is 0 Å². The Kier molecular flexibility index (Phi) is 3.48. The fourth-order valence-electron chi connectivity index (χ4n) is 1.77. The molecule has 2 rings (SSSR count). The second kappa shape index (κ2) is 4.86. The SMILES string of the molecule is N#CC1CC=CC(Cl)=C1c1ccc(Br)cc1. The number of nitriles is 1. The van der Waals surface area contributed by atoms with E-state index >= 15 is 0 Å². The molecule has 1 aromatic rings. The first-order valence-corrected chi connectivity index (χ1v) is 6.11. The summed E-state index contributed by atoms with van der Waals surface area (Å²) in [6.07, 6.45) is 4.55. The fraction of sp³-hybridized carbons (Fsp3) is 0.154. The topological polar surface area (TPSA) is 23.8 Å². The number of hydrogen-bond donors (Lipinski definition) is 0. The van der Waals surface area contributed by atoms with Crippen LogP contribution in [0.3, 0.4) is 0 Å². The summed E-state index contributed by atoms with van der Waals surface area (Å²) in [5.74, 6) is -0.140. The van der Waals surface area contributed by atoms with Gasteiger partial charge in [0, 0.05) is 9.51 Å². The molecule has 1 aliphatic carbocycles. The molecule has 3 heteroatoms. The Morgan fingerprint density at radius 1 is 1.31 bits per heavy atom. The van der Waals surface area contributed by atoms with Crippen LogP contribution in [0.15, 0.2) is 45.9 Å². The Hall–Kier alpha value is -1.04. The summed E-state index contributed by atoms with van der Waals surface area (Å²) >= 11 is 9.55. The molecular weight excluding hydrogens is 286 g/mol. The van der Waals surface area contributed by atoms with Gasteiger partial charge in [0.05, 0.1) is 12.0 Å². The molecular formula is C13H9BrClN. The van der Waals surface area contributed by atoms with Gasteiger partial charge in [0.25, 0.3) is 0 Å². The molecule has 1 atom stereocenters. The standard InChI is InChI=1S/C13H9BrClN/c14-11-6-4-9(5-7-11)13-10(8-16)2-1-3-12(13)15/h1,3-7,10H,2H2. The number of benzene rings is 1. The lowest BCUT2D eigenvalue weighted by Gasteiger charge is -2.17. The summed E-state index contributed by atoms with van der Waals surface area (Å²) in [6.45, 7) is 0. The molecule has 0 saturated heterocycles. The Bertz CT molecular complexity index is 494. The van der Waals surface area contributed by atoms with Gasteiger partial charge in [-0.1, -0.05) is 45.7 Å². The summed E-state index contributed by atoms with van der Waals surface area (Å²) < 4.78 is 1.02. The molecule has 1 nitrogen and oxygen atoms in total. The minimum atomic E-state index is -0.140. The molecule has 1 unspecified atom stereocenters. The van der Waals surface area contributed by atoms with E-state index in [0.717, 1.165) is 22.0 Å². The minimum absolute atomic E-state index is 0.140. The molecule has 16 heavy (non-hydrogen) atoms. The van der Waals surface area contributed by atoms with Crippen molar-refractivity contribution in [3.63, 3.8) is 0 Å². The van der Waals surface area contributed by atoms with E-state index in [1.165, 1.54) is 0 Å². The predicted molar refractivity (Wildman–Crippen MR) is 69.8 cm³/mol. The van der Waals surface area contributed by atoms with Crippen molar-refractivity contribution in [3.8, 4) is 6.07 Å². The van der Waals surface area contributed by atoms with Crippen LogP contribution in [-0.4, -0.2) is 0 Å². The lowest BCUT2D eigenvalue weighted by atomic mass is 9.87. The van der Waals surface area contributed by atoms with Crippen molar-refractivity contribution in [1.82, 2.24) is 0 Å². The number of hydrogen-bond acceptors (Lipinski definition) is 1. The highest BCUT2D eigenvalue weighted by Crippen LogP contribution is 2.35. The Morgan fingerprint density at radius 2 is 2.00 bits per heavy atom. The molecule has 0 fully saturated rings. The lowest BCUT2D eigenvalue weighted by Crippen LogP contribution is -2.04. The molecule has 0 N–H and O–H groups in total. The van der Waals surface area contributed by atoms with Crippen LogP contribution in [0.4, 0.5) is 0 Å². The van der Waals surface area contributed by atoms with Gasteiger partial charge in [-0.15, -0.1) is 0 Å². The molecule has 0 saturated carbocycles. The van der Waals surface area contributed by atoms with Crippen molar-refractivity contribution in [2.45, 2.75) is 6.42 Å². The first kappa shape index (κ1) is 11.4. The third-order valence-corrected chi connectivity index (χ3v) is 3.41. The van der Waals surface area contributed by atoms with Crippen LogP contribution in [0.2, 0.25) is 0 Å². The molecule has 0 spiro atoms. The maximum Gasteiger partial charge on any atom is 0.0767 e. The summed E-state index contributed by atoms with van der Waals surface area (Å²) in [5.41, 5.74) is 1.95. The second-order valence-electron chi connectivity index (χ2n) is 3.59. The maximum atomic E-state index is 9.11. The number of rotatable bonds is 1.